The van der Waals surface area contributed by atoms with Crippen LogP contribution < -0.4 is 4.84 Å². The number of aromatic nitrogens is 2. The van der Waals surface area contributed by atoms with Crippen molar-refractivity contribution in [1.29, 1.82) is 0 Å². The molecule has 0 atom stereocenters. The van der Waals surface area contributed by atoms with E-state index in [-0.39, 0.29) is 0 Å². The molecule has 0 amide bonds. The largest absolute Gasteiger partial charge is 0.338 e. The lowest BCUT2D eigenvalue weighted by Gasteiger charge is -2.09. The van der Waals surface area contributed by atoms with Crippen molar-refractivity contribution in [3.8, 4) is 22.6 Å². The van der Waals surface area contributed by atoms with Gasteiger partial charge < -0.3 is 4.84 Å². The average Bonchev–Trinajstić information content (AvgIpc) is 2.95. The molecule has 0 aliphatic rings. The van der Waals surface area contributed by atoms with E-state index >= 15 is 0 Å². The van der Waals surface area contributed by atoms with Gasteiger partial charge in [-0.1, -0.05) is 61.0 Å². The molecule has 0 fully saturated rings. The van der Waals surface area contributed by atoms with Gasteiger partial charge in [0.15, 0.2) is 5.82 Å². The lowest BCUT2D eigenvalue weighted by atomic mass is 10.1. The van der Waals surface area contributed by atoms with Crippen LogP contribution >= 0.6 is 11.6 Å². The average molecular weight is 327 g/mol. The lowest BCUT2D eigenvalue weighted by Crippen LogP contribution is -2.12. The first-order valence-electron chi connectivity index (χ1n) is 7.28. The molecule has 5 heteroatoms. The molecule has 0 aliphatic heterocycles. The molecular weight excluding hydrogens is 312 g/mol. The maximum atomic E-state index is 11.0. The Kier molecular flexibility index (Phi) is 4.44. The van der Waals surface area contributed by atoms with Gasteiger partial charge in [0.2, 0.25) is 0 Å². The predicted octanol–water partition coefficient (Wildman–Crippen LogP) is 4.02. The Balaban J connectivity index is 2.23. The minimum absolute atomic E-state index is 0.410. The summed E-state index contributed by atoms with van der Waals surface area (Å²) in [6.07, 6.45) is 0.715. The molecule has 3 aromatic rings. The molecule has 1 aromatic heterocycles. The summed E-state index contributed by atoms with van der Waals surface area (Å²) in [6, 6.07) is 17.0. The van der Waals surface area contributed by atoms with Gasteiger partial charge in [-0.25, -0.2) is 4.98 Å². The maximum Gasteiger partial charge on any atom is 0.321 e. The Morgan fingerprint density at radius 2 is 1.78 bits per heavy atom. The highest BCUT2D eigenvalue weighted by atomic mass is 35.5. The van der Waals surface area contributed by atoms with E-state index in [1.165, 1.54) is 4.73 Å². The minimum Gasteiger partial charge on any atom is -0.338 e. The number of aryl methyl sites for hydroxylation is 1. The van der Waals surface area contributed by atoms with Gasteiger partial charge in [-0.2, -0.15) is 4.73 Å². The summed E-state index contributed by atoms with van der Waals surface area (Å²) in [5.74, 6) is 0.597. The van der Waals surface area contributed by atoms with E-state index in [1.54, 1.807) is 12.1 Å². The topological polar surface area (TPSA) is 44.1 Å². The first kappa shape index (κ1) is 15.3. The van der Waals surface area contributed by atoms with Crippen molar-refractivity contribution in [3.05, 3.63) is 65.3 Å². The number of benzene rings is 2. The third kappa shape index (κ3) is 2.98. The van der Waals surface area contributed by atoms with Crippen molar-refractivity contribution in [1.82, 2.24) is 9.71 Å². The molecule has 0 saturated heterocycles. The molecular formula is C18H15ClN2O2. The van der Waals surface area contributed by atoms with Crippen LogP contribution in [0.2, 0.25) is 5.02 Å². The van der Waals surface area contributed by atoms with E-state index < -0.39 is 0 Å². The monoisotopic (exact) mass is 326 g/mol. The van der Waals surface area contributed by atoms with Crippen LogP contribution in [0.5, 0.6) is 0 Å². The quantitative estimate of drug-likeness (QED) is 0.665. The highest BCUT2D eigenvalue weighted by Gasteiger charge is 2.20. The Morgan fingerprint density at radius 3 is 2.39 bits per heavy atom. The molecule has 1 heterocycles. The molecule has 0 spiro atoms. The minimum atomic E-state index is 0.410. The number of hydrogen-bond donors (Lipinski definition) is 0. The zero-order valence-electron chi connectivity index (χ0n) is 12.6. The van der Waals surface area contributed by atoms with Gasteiger partial charge in [0.25, 0.3) is 0 Å². The summed E-state index contributed by atoms with van der Waals surface area (Å²) in [6.45, 7) is 2.43. The van der Waals surface area contributed by atoms with E-state index in [9.17, 15) is 4.79 Å². The second-order valence-electron chi connectivity index (χ2n) is 4.95. The molecule has 0 N–H and O–H groups in total. The molecule has 0 saturated carbocycles. The Labute approximate surface area is 139 Å². The Hall–Kier alpha value is -2.59. The molecule has 0 aliphatic carbocycles. The maximum absolute atomic E-state index is 11.0. The van der Waals surface area contributed by atoms with Crippen LogP contribution in [0.3, 0.4) is 0 Å². The number of carbonyl (C=O) groups is 1. The summed E-state index contributed by atoms with van der Waals surface area (Å²) in [5, 5.41) is 0.650. The van der Waals surface area contributed by atoms with E-state index in [0.717, 1.165) is 22.5 Å². The molecule has 116 valence electrons. The first-order chi connectivity index (χ1) is 11.2. The van der Waals surface area contributed by atoms with Crippen molar-refractivity contribution in [3.63, 3.8) is 0 Å². The molecule has 2 aromatic carbocycles. The second-order valence-corrected chi connectivity index (χ2v) is 5.39. The highest BCUT2D eigenvalue weighted by Crippen LogP contribution is 2.30. The zero-order valence-corrected chi connectivity index (χ0v) is 13.3. The van der Waals surface area contributed by atoms with Gasteiger partial charge in [-0.05, 0) is 18.6 Å². The summed E-state index contributed by atoms with van der Waals surface area (Å²) >= 11 is 5.96. The summed E-state index contributed by atoms with van der Waals surface area (Å²) in [7, 11) is 0. The summed E-state index contributed by atoms with van der Waals surface area (Å²) in [5.41, 5.74) is 3.38. The normalized spacial score (nSPS) is 10.5. The van der Waals surface area contributed by atoms with Crippen LogP contribution in [-0.4, -0.2) is 16.2 Å². The SMILES string of the molecule is CCc1nc(-c2ccccc2)n(OC=O)c1-c1ccc(Cl)cc1. The van der Waals surface area contributed by atoms with Gasteiger partial charge in [0.05, 0.1) is 5.69 Å². The first-order valence-corrected chi connectivity index (χ1v) is 7.66. The number of halogens is 1. The van der Waals surface area contributed by atoms with Crippen molar-refractivity contribution < 1.29 is 9.63 Å². The third-order valence-corrected chi connectivity index (χ3v) is 3.79. The van der Waals surface area contributed by atoms with Crippen LogP contribution in [0.25, 0.3) is 22.6 Å². The highest BCUT2D eigenvalue weighted by molar-refractivity contribution is 6.30. The van der Waals surface area contributed by atoms with Gasteiger partial charge in [0, 0.05) is 16.1 Å². The molecule has 0 bridgehead atoms. The standard InChI is InChI=1S/C18H15ClN2O2/c1-2-16-17(13-8-10-15(19)11-9-13)21(23-12-22)18(20-16)14-6-4-3-5-7-14/h3-12H,2H2,1H3. The van der Waals surface area contributed by atoms with Gasteiger partial charge in [-0.3, -0.25) is 4.79 Å². The number of rotatable bonds is 5. The van der Waals surface area contributed by atoms with Crippen LogP contribution in [0.1, 0.15) is 12.6 Å². The van der Waals surface area contributed by atoms with Crippen LogP contribution in [0, 0.1) is 0 Å². The number of imidazole rings is 1. The molecule has 23 heavy (non-hydrogen) atoms. The molecule has 4 nitrogen and oxygen atoms in total. The van der Waals surface area contributed by atoms with Crippen LogP contribution in [0.15, 0.2) is 54.6 Å². The van der Waals surface area contributed by atoms with E-state index in [4.69, 9.17) is 16.4 Å². The fraction of sp³-hybridized carbons (Fsp3) is 0.111. The lowest BCUT2D eigenvalue weighted by molar-refractivity contribution is -0.128. The molecule has 0 unspecified atom stereocenters. The van der Waals surface area contributed by atoms with Gasteiger partial charge in [-0.15, -0.1) is 0 Å². The second kappa shape index (κ2) is 6.67. The van der Waals surface area contributed by atoms with E-state index in [0.29, 0.717) is 23.7 Å². The molecule has 3 rings (SSSR count). The number of hydrogen-bond acceptors (Lipinski definition) is 3. The van der Waals surface area contributed by atoms with Crippen LogP contribution in [-0.2, 0) is 11.2 Å². The predicted molar refractivity (Wildman–Crippen MR) is 90.1 cm³/mol. The van der Waals surface area contributed by atoms with Crippen molar-refractivity contribution in [2.75, 3.05) is 0 Å². The smallest absolute Gasteiger partial charge is 0.321 e. The summed E-state index contributed by atoms with van der Waals surface area (Å²) in [4.78, 5) is 20.9. The fourth-order valence-corrected chi connectivity index (χ4v) is 2.63. The Morgan fingerprint density at radius 1 is 1.09 bits per heavy atom. The number of carbonyl (C=O) groups excluding carboxylic acids is 1. The van der Waals surface area contributed by atoms with E-state index in [2.05, 4.69) is 4.98 Å². The van der Waals surface area contributed by atoms with Crippen molar-refractivity contribution in [2.45, 2.75) is 13.3 Å². The number of nitrogens with zero attached hydrogens (tertiary/aromatic N) is 2. The fourth-order valence-electron chi connectivity index (χ4n) is 2.50. The van der Waals surface area contributed by atoms with Crippen molar-refractivity contribution >= 4 is 18.1 Å². The summed E-state index contributed by atoms with van der Waals surface area (Å²) < 4.78 is 1.48. The van der Waals surface area contributed by atoms with Crippen LogP contribution in [0.4, 0.5) is 0 Å². The third-order valence-electron chi connectivity index (χ3n) is 3.54. The zero-order chi connectivity index (χ0) is 16.2. The van der Waals surface area contributed by atoms with Gasteiger partial charge >= 0.3 is 6.47 Å². The van der Waals surface area contributed by atoms with E-state index in [1.807, 2.05) is 49.4 Å². The molecule has 0 radical (unpaired) electrons. The Bertz CT molecular complexity index is 811. The van der Waals surface area contributed by atoms with Crippen molar-refractivity contribution in [2.24, 2.45) is 0 Å². The van der Waals surface area contributed by atoms with Gasteiger partial charge in [0.1, 0.15) is 5.69 Å².